The monoisotopic (exact) mass is 235 g/mol. The summed E-state index contributed by atoms with van der Waals surface area (Å²) < 4.78 is 0. The number of nitrogens with zero attached hydrogens (tertiary/aromatic N) is 2. The lowest BCUT2D eigenvalue weighted by atomic mass is 9.98. The van der Waals surface area contributed by atoms with Gasteiger partial charge >= 0.3 is 0 Å². The van der Waals surface area contributed by atoms with E-state index in [0.717, 1.165) is 11.4 Å². The van der Waals surface area contributed by atoms with Gasteiger partial charge in [-0.15, -0.1) is 11.8 Å². The smallest absolute Gasteiger partial charge is 0.104 e. The molecule has 0 aliphatic rings. The average molecular weight is 235 g/mol. The highest BCUT2D eigenvalue weighted by Gasteiger charge is 2.24. The van der Waals surface area contributed by atoms with E-state index in [2.05, 4.69) is 23.3 Å². The molecule has 0 aliphatic carbocycles. The molecule has 16 heavy (non-hydrogen) atoms. The minimum Gasteiger partial charge on any atom is -0.303 e. The molecule has 86 valence electrons. The minimum absolute atomic E-state index is 0.354. The number of thioether (sulfide) groups is 1. The van der Waals surface area contributed by atoms with E-state index in [-0.39, 0.29) is 0 Å². The fourth-order valence-corrected chi connectivity index (χ4v) is 2.55. The summed E-state index contributed by atoms with van der Waals surface area (Å²) in [7, 11) is 1.82. The fraction of sp³-hybridized carbons (Fsp3) is 0.500. The second-order valence-corrected chi connectivity index (χ2v) is 5.45. The standard InChI is InChI=1S/C12H17N3S/c1-10(8-12(2,9-13)14-3)16-11-6-4-5-7-15-11/h4-7,10,14H,8H2,1-3H3. The van der Waals surface area contributed by atoms with Crippen LogP contribution in [0, 0.1) is 11.3 Å². The molecular formula is C12H17N3S. The maximum Gasteiger partial charge on any atom is 0.104 e. The van der Waals surface area contributed by atoms with Crippen molar-refractivity contribution in [2.24, 2.45) is 0 Å². The Labute approximate surface area is 101 Å². The maximum atomic E-state index is 9.06. The molecule has 3 nitrogen and oxygen atoms in total. The lowest BCUT2D eigenvalue weighted by Crippen LogP contribution is -2.40. The summed E-state index contributed by atoms with van der Waals surface area (Å²) in [4.78, 5) is 4.26. The summed E-state index contributed by atoms with van der Waals surface area (Å²) in [6, 6.07) is 8.17. The first kappa shape index (κ1) is 13.0. The van der Waals surface area contributed by atoms with Gasteiger partial charge in [-0.05, 0) is 32.5 Å². The normalized spacial score (nSPS) is 16.1. The van der Waals surface area contributed by atoms with E-state index < -0.39 is 5.54 Å². The molecule has 2 atom stereocenters. The van der Waals surface area contributed by atoms with Crippen LogP contribution < -0.4 is 5.32 Å². The number of hydrogen-bond donors (Lipinski definition) is 1. The summed E-state index contributed by atoms with van der Waals surface area (Å²) in [5.41, 5.74) is -0.457. The molecule has 1 heterocycles. The largest absolute Gasteiger partial charge is 0.303 e. The Morgan fingerprint density at radius 1 is 1.62 bits per heavy atom. The summed E-state index contributed by atoms with van der Waals surface area (Å²) in [6.07, 6.45) is 2.58. The van der Waals surface area contributed by atoms with E-state index >= 15 is 0 Å². The van der Waals surface area contributed by atoms with Gasteiger partial charge in [0, 0.05) is 11.4 Å². The van der Waals surface area contributed by atoms with Gasteiger partial charge in [0.15, 0.2) is 0 Å². The van der Waals surface area contributed by atoms with Gasteiger partial charge in [-0.2, -0.15) is 5.26 Å². The zero-order valence-corrected chi connectivity index (χ0v) is 10.7. The van der Waals surface area contributed by atoms with Crippen molar-refractivity contribution < 1.29 is 0 Å². The van der Waals surface area contributed by atoms with Gasteiger partial charge in [0.05, 0.1) is 11.1 Å². The third-order valence-electron chi connectivity index (χ3n) is 2.45. The van der Waals surface area contributed by atoms with E-state index in [4.69, 9.17) is 5.26 Å². The lowest BCUT2D eigenvalue weighted by molar-refractivity contribution is 0.455. The molecule has 4 heteroatoms. The predicted molar refractivity (Wildman–Crippen MR) is 67.3 cm³/mol. The van der Waals surface area contributed by atoms with Crippen LogP contribution in [0.2, 0.25) is 0 Å². The Morgan fingerprint density at radius 3 is 2.88 bits per heavy atom. The van der Waals surface area contributed by atoms with Crippen molar-refractivity contribution in [2.75, 3.05) is 7.05 Å². The van der Waals surface area contributed by atoms with E-state index in [1.807, 2.05) is 32.2 Å². The number of nitrogens with one attached hydrogen (secondary N) is 1. The van der Waals surface area contributed by atoms with Crippen molar-refractivity contribution in [1.29, 1.82) is 5.26 Å². The van der Waals surface area contributed by atoms with Gasteiger partial charge in [0.1, 0.15) is 5.54 Å². The number of rotatable bonds is 5. The summed E-state index contributed by atoms with van der Waals surface area (Å²) in [5, 5.41) is 13.5. The Kier molecular flexibility index (Phi) is 4.78. The van der Waals surface area contributed by atoms with Crippen LogP contribution in [0.3, 0.4) is 0 Å². The van der Waals surface area contributed by atoms with Crippen LogP contribution >= 0.6 is 11.8 Å². The Morgan fingerprint density at radius 2 is 2.38 bits per heavy atom. The second kappa shape index (κ2) is 5.88. The van der Waals surface area contributed by atoms with Gasteiger partial charge in [-0.3, -0.25) is 0 Å². The highest BCUT2D eigenvalue weighted by molar-refractivity contribution is 7.99. The van der Waals surface area contributed by atoms with Crippen molar-refractivity contribution >= 4 is 11.8 Å². The van der Waals surface area contributed by atoms with E-state index in [0.29, 0.717) is 5.25 Å². The van der Waals surface area contributed by atoms with Crippen molar-refractivity contribution in [2.45, 2.75) is 36.1 Å². The summed E-state index contributed by atoms with van der Waals surface area (Å²) in [5.74, 6) is 0. The third-order valence-corrected chi connectivity index (χ3v) is 3.51. The van der Waals surface area contributed by atoms with Crippen molar-refractivity contribution in [3.63, 3.8) is 0 Å². The predicted octanol–water partition coefficient (Wildman–Crippen LogP) is 2.45. The molecule has 2 unspecified atom stereocenters. The van der Waals surface area contributed by atoms with Crippen LogP contribution in [0.5, 0.6) is 0 Å². The highest BCUT2D eigenvalue weighted by atomic mass is 32.2. The SMILES string of the molecule is CNC(C)(C#N)CC(C)Sc1ccccn1. The van der Waals surface area contributed by atoms with Gasteiger partial charge in [-0.25, -0.2) is 4.98 Å². The molecule has 0 saturated heterocycles. The molecule has 0 spiro atoms. The van der Waals surface area contributed by atoms with Gasteiger partial charge in [-0.1, -0.05) is 13.0 Å². The molecule has 1 aromatic heterocycles. The Hall–Kier alpha value is -1.05. The fourth-order valence-electron chi connectivity index (χ4n) is 1.44. The van der Waals surface area contributed by atoms with Gasteiger partial charge in [0.2, 0.25) is 0 Å². The van der Waals surface area contributed by atoms with Gasteiger partial charge < -0.3 is 5.32 Å². The molecular weight excluding hydrogens is 218 g/mol. The zero-order valence-electron chi connectivity index (χ0n) is 9.90. The molecule has 0 aliphatic heterocycles. The van der Waals surface area contributed by atoms with Crippen LogP contribution in [-0.4, -0.2) is 22.8 Å². The summed E-state index contributed by atoms with van der Waals surface area (Å²) in [6.45, 7) is 4.04. The third kappa shape index (κ3) is 3.84. The van der Waals surface area contributed by atoms with Crippen LogP contribution in [0.15, 0.2) is 29.4 Å². The first-order valence-electron chi connectivity index (χ1n) is 5.27. The van der Waals surface area contributed by atoms with Crippen molar-refractivity contribution in [3.8, 4) is 6.07 Å². The maximum absolute atomic E-state index is 9.06. The number of hydrogen-bond acceptors (Lipinski definition) is 4. The molecule has 1 aromatic rings. The summed E-state index contributed by atoms with van der Waals surface area (Å²) >= 11 is 1.70. The van der Waals surface area contributed by atoms with E-state index in [1.54, 1.807) is 18.0 Å². The first-order chi connectivity index (χ1) is 7.59. The number of nitriles is 1. The molecule has 0 fully saturated rings. The lowest BCUT2D eigenvalue weighted by Gasteiger charge is -2.24. The zero-order chi connectivity index (χ0) is 12.0. The van der Waals surface area contributed by atoms with Crippen LogP contribution in [-0.2, 0) is 0 Å². The van der Waals surface area contributed by atoms with Gasteiger partial charge in [0.25, 0.3) is 0 Å². The Balaban J connectivity index is 2.55. The average Bonchev–Trinajstić information content (AvgIpc) is 2.30. The van der Waals surface area contributed by atoms with E-state index in [1.165, 1.54) is 0 Å². The molecule has 0 saturated carbocycles. The van der Waals surface area contributed by atoms with Crippen molar-refractivity contribution in [3.05, 3.63) is 24.4 Å². The Bertz CT molecular complexity index is 360. The first-order valence-corrected chi connectivity index (χ1v) is 6.15. The molecule has 0 radical (unpaired) electrons. The second-order valence-electron chi connectivity index (χ2n) is 3.99. The topological polar surface area (TPSA) is 48.7 Å². The highest BCUT2D eigenvalue weighted by Crippen LogP contribution is 2.26. The number of pyridine rings is 1. The molecule has 0 bridgehead atoms. The van der Waals surface area contributed by atoms with Crippen LogP contribution in [0.25, 0.3) is 0 Å². The number of aromatic nitrogens is 1. The molecule has 0 aromatic carbocycles. The molecule has 0 amide bonds. The molecule has 1 rings (SSSR count). The van der Waals surface area contributed by atoms with Crippen LogP contribution in [0.1, 0.15) is 20.3 Å². The minimum atomic E-state index is -0.457. The van der Waals surface area contributed by atoms with Crippen LogP contribution in [0.4, 0.5) is 0 Å². The van der Waals surface area contributed by atoms with E-state index in [9.17, 15) is 0 Å². The van der Waals surface area contributed by atoms with Crippen molar-refractivity contribution in [1.82, 2.24) is 10.3 Å². The molecule has 1 N–H and O–H groups in total. The quantitative estimate of drug-likeness (QED) is 0.796.